The van der Waals surface area contributed by atoms with Gasteiger partial charge in [-0.3, -0.25) is 9.59 Å². The zero-order valence-electron chi connectivity index (χ0n) is 16.3. The molecule has 0 fully saturated rings. The summed E-state index contributed by atoms with van der Waals surface area (Å²) in [5, 5.41) is 9.97. The average Bonchev–Trinajstić information content (AvgIpc) is 3.24. The minimum absolute atomic E-state index is 0.0428. The lowest BCUT2D eigenvalue weighted by atomic mass is 10.0. The van der Waals surface area contributed by atoms with E-state index in [1.807, 2.05) is 12.1 Å². The molecule has 0 radical (unpaired) electrons. The summed E-state index contributed by atoms with van der Waals surface area (Å²) in [5.74, 6) is -1.56. The van der Waals surface area contributed by atoms with E-state index in [2.05, 4.69) is 4.57 Å². The van der Waals surface area contributed by atoms with Crippen LogP contribution in [0.25, 0.3) is 10.9 Å². The molecule has 1 aliphatic rings. The summed E-state index contributed by atoms with van der Waals surface area (Å²) in [6.07, 6.45) is -3.86. The van der Waals surface area contributed by atoms with Crippen LogP contribution in [0.15, 0.2) is 42.5 Å². The zero-order valence-corrected chi connectivity index (χ0v) is 16.3. The van der Waals surface area contributed by atoms with Gasteiger partial charge in [-0.25, -0.2) is 0 Å². The molecule has 4 rings (SSSR count). The molecule has 2 aromatic carbocycles. The third-order valence-corrected chi connectivity index (χ3v) is 5.51. The second-order valence-corrected chi connectivity index (χ2v) is 7.56. The minimum atomic E-state index is -4.71. The van der Waals surface area contributed by atoms with E-state index in [0.29, 0.717) is 5.75 Å². The Morgan fingerprint density at radius 2 is 1.94 bits per heavy atom. The Labute approximate surface area is 175 Å². The van der Waals surface area contributed by atoms with Crippen LogP contribution in [0.1, 0.15) is 45.9 Å². The highest BCUT2D eigenvalue weighted by molar-refractivity contribution is 5.94. The summed E-state index contributed by atoms with van der Waals surface area (Å²) in [4.78, 5) is 22.4. The topological polar surface area (TPSA) is 94.6 Å². The van der Waals surface area contributed by atoms with Crippen molar-refractivity contribution in [3.8, 4) is 5.75 Å². The van der Waals surface area contributed by atoms with E-state index >= 15 is 0 Å². The summed E-state index contributed by atoms with van der Waals surface area (Å²) in [6, 6.07) is 10.6. The van der Waals surface area contributed by atoms with Gasteiger partial charge in [0.05, 0.1) is 17.5 Å². The third-order valence-electron chi connectivity index (χ3n) is 5.51. The van der Waals surface area contributed by atoms with E-state index in [1.165, 1.54) is 6.07 Å². The van der Waals surface area contributed by atoms with Crippen LogP contribution in [0.2, 0.25) is 0 Å². The number of carbonyl (C=O) groups is 2. The normalized spacial score (nSPS) is 15.8. The van der Waals surface area contributed by atoms with Crippen LogP contribution in [0.3, 0.4) is 0 Å². The maximum absolute atomic E-state index is 13.2. The first-order valence-electron chi connectivity index (χ1n) is 9.61. The van der Waals surface area contributed by atoms with Crippen molar-refractivity contribution in [3.63, 3.8) is 0 Å². The van der Waals surface area contributed by atoms with Crippen LogP contribution in [0.4, 0.5) is 13.2 Å². The Bertz CT molecular complexity index is 1180. The number of benzene rings is 2. The Morgan fingerprint density at radius 1 is 1.16 bits per heavy atom. The van der Waals surface area contributed by atoms with Gasteiger partial charge in [-0.15, -0.1) is 0 Å². The second-order valence-electron chi connectivity index (χ2n) is 7.56. The van der Waals surface area contributed by atoms with Gasteiger partial charge in [0.15, 0.2) is 0 Å². The Hall–Kier alpha value is -3.49. The first kappa shape index (κ1) is 20.8. The number of carboxylic acids is 1. The van der Waals surface area contributed by atoms with Crippen LogP contribution in [-0.2, 0) is 24.1 Å². The number of amides is 1. The molecule has 1 amide bonds. The lowest BCUT2D eigenvalue weighted by Gasteiger charge is -2.13. The van der Waals surface area contributed by atoms with Crippen molar-refractivity contribution in [1.29, 1.82) is 0 Å². The summed E-state index contributed by atoms with van der Waals surface area (Å²) in [7, 11) is 0. The molecule has 1 aromatic heterocycles. The number of rotatable bonds is 6. The number of alkyl halides is 3. The molecular formula is C22H19F3N2O4. The van der Waals surface area contributed by atoms with Crippen molar-refractivity contribution in [1.82, 2.24) is 4.57 Å². The molecule has 0 unspecified atom stereocenters. The molecule has 1 aliphatic heterocycles. The van der Waals surface area contributed by atoms with E-state index in [9.17, 15) is 22.8 Å². The fourth-order valence-corrected chi connectivity index (χ4v) is 4.10. The number of hydrogen-bond donors (Lipinski definition) is 2. The Balaban J connectivity index is 1.55. The summed E-state index contributed by atoms with van der Waals surface area (Å²) >= 11 is 0. The van der Waals surface area contributed by atoms with Gasteiger partial charge in [-0.1, -0.05) is 6.07 Å². The average molecular weight is 432 g/mol. The molecule has 0 bridgehead atoms. The quantitative estimate of drug-likeness (QED) is 0.607. The number of nitrogens with two attached hydrogens (primary N) is 1. The maximum Gasteiger partial charge on any atom is 0.417 e. The standard InChI is InChI=1S/C22H19F3N2O4/c23-22(24,25)17-7-12(1-3-16(17)21(26)30)11-31-15-2-4-18-14(8-15)9-19-13(10-20(28)29)5-6-27(18)19/h1-4,7-9,13H,5-6,10-11H2,(H2,26,30)(H,28,29)/t13-/m0/s1. The molecule has 0 saturated carbocycles. The van der Waals surface area contributed by atoms with Crippen LogP contribution in [0.5, 0.6) is 5.75 Å². The van der Waals surface area contributed by atoms with Crippen molar-refractivity contribution in [3.05, 3.63) is 64.8 Å². The highest BCUT2D eigenvalue weighted by Gasteiger charge is 2.35. The van der Waals surface area contributed by atoms with Gasteiger partial charge in [-0.2, -0.15) is 13.2 Å². The number of aliphatic carboxylic acids is 1. The monoisotopic (exact) mass is 432 g/mol. The fraction of sp³-hybridized carbons (Fsp3) is 0.273. The lowest BCUT2D eigenvalue weighted by molar-refractivity contribution is -0.138. The number of carbonyl (C=O) groups excluding carboxylic acids is 1. The van der Waals surface area contributed by atoms with Crippen LogP contribution in [-0.4, -0.2) is 21.6 Å². The smallest absolute Gasteiger partial charge is 0.417 e. The molecule has 9 heteroatoms. The summed E-state index contributed by atoms with van der Waals surface area (Å²) in [5.41, 5.74) is 5.53. The van der Waals surface area contributed by atoms with E-state index in [1.54, 1.807) is 12.1 Å². The van der Waals surface area contributed by atoms with Crippen LogP contribution in [0, 0.1) is 0 Å². The van der Waals surface area contributed by atoms with Crippen molar-refractivity contribution in [2.24, 2.45) is 5.73 Å². The highest BCUT2D eigenvalue weighted by atomic mass is 19.4. The number of hydrogen-bond acceptors (Lipinski definition) is 3. The summed E-state index contributed by atoms with van der Waals surface area (Å²) in [6.45, 7) is 0.617. The van der Waals surface area contributed by atoms with Crippen molar-refractivity contribution >= 4 is 22.8 Å². The van der Waals surface area contributed by atoms with E-state index in [0.717, 1.165) is 41.7 Å². The number of primary amides is 1. The van der Waals surface area contributed by atoms with E-state index < -0.39 is 29.2 Å². The predicted molar refractivity (Wildman–Crippen MR) is 106 cm³/mol. The number of carboxylic acid groups (broad SMARTS) is 1. The van der Waals surface area contributed by atoms with Gasteiger partial charge in [-0.05, 0) is 48.4 Å². The third kappa shape index (κ3) is 4.08. The highest BCUT2D eigenvalue weighted by Crippen LogP contribution is 2.37. The predicted octanol–water partition coefficient (Wildman–Crippen LogP) is 4.30. The number of aryl methyl sites for hydroxylation is 1. The molecule has 0 saturated heterocycles. The van der Waals surface area contributed by atoms with Crippen molar-refractivity contribution in [2.45, 2.75) is 38.1 Å². The van der Waals surface area contributed by atoms with E-state index in [4.69, 9.17) is 15.6 Å². The molecule has 31 heavy (non-hydrogen) atoms. The molecule has 3 N–H and O–H groups in total. The van der Waals surface area contributed by atoms with Gasteiger partial charge >= 0.3 is 12.1 Å². The van der Waals surface area contributed by atoms with Gasteiger partial charge in [0.25, 0.3) is 0 Å². The van der Waals surface area contributed by atoms with Crippen LogP contribution < -0.4 is 10.5 Å². The number of fused-ring (bicyclic) bond motifs is 3. The fourth-order valence-electron chi connectivity index (χ4n) is 4.10. The number of halogens is 3. The number of aromatic nitrogens is 1. The molecule has 3 aromatic rings. The first-order chi connectivity index (χ1) is 14.6. The van der Waals surface area contributed by atoms with E-state index in [-0.39, 0.29) is 24.5 Å². The molecular weight excluding hydrogens is 413 g/mol. The maximum atomic E-state index is 13.2. The summed E-state index contributed by atoms with van der Waals surface area (Å²) < 4.78 is 47.4. The van der Waals surface area contributed by atoms with Gasteiger partial charge in [0.1, 0.15) is 12.4 Å². The largest absolute Gasteiger partial charge is 0.489 e. The van der Waals surface area contributed by atoms with Crippen LogP contribution >= 0.6 is 0 Å². The van der Waals surface area contributed by atoms with Gasteiger partial charge in [0.2, 0.25) is 5.91 Å². The van der Waals surface area contributed by atoms with Gasteiger partial charge in [0, 0.05) is 29.1 Å². The second kappa shape index (κ2) is 7.64. The molecule has 1 atom stereocenters. The first-order valence-corrected chi connectivity index (χ1v) is 9.61. The Morgan fingerprint density at radius 3 is 2.61 bits per heavy atom. The van der Waals surface area contributed by atoms with Crippen molar-refractivity contribution in [2.75, 3.05) is 0 Å². The Kier molecular flexibility index (Phi) is 5.12. The van der Waals surface area contributed by atoms with Gasteiger partial charge < -0.3 is 20.1 Å². The minimum Gasteiger partial charge on any atom is -0.489 e. The molecule has 162 valence electrons. The number of nitrogens with zero attached hydrogens (tertiary/aromatic N) is 1. The molecule has 0 aliphatic carbocycles. The van der Waals surface area contributed by atoms with Crippen molar-refractivity contribution < 1.29 is 32.6 Å². The SMILES string of the molecule is NC(=O)c1ccc(COc2ccc3c(c2)cc2n3CC[C@H]2CC(=O)O)cc1C(F)(F)F. The zero-order chi connectivity index (χ0) is 22.3. The molecule has 6 nitrogen and oxygen atoms in total. The molecule has 0 spiro atoms. The number of ether oxygens (including phenoxy) is 1. The lowest BCUT2D eigenvalue weighted by Crippen LogP contribution is -2.19. The molecule has 2 heterocycles.